The zero-order valence-electron chi connectivity index (χ0n) is 10.4. The summed E-state index contributed by atoms with van der Waals surface area (Å²) in [5, 5.41) is 3.17. The number of nitrogens with one attached hydrogen (secondary N) is 1. The molecule has 0 amide bonds. The van der Waals surface area contributed by atoms with Gasteiger partial charge in [-0.25, -0.2) is 8.42 Å². The van der Waals surface area contributed by atoms with Gasteiger partial charge in [0, 0.05) is 11.8 Å². The van der Waals surface area contributed by atoms with Gasteiger partial charge in [0.2, 0.25) is 0 Å². The first-order valence-corrected chi connectivity index (χ1v) is 7.61. The first-order valence-electron chi connectivity index (χ1n) is 5.79. The molecule has 0 fully saturated rings. The normalized spacial score (nSPS) is 16.3. The topological polar surface area (TPSA) is 46.2 Å². The summed E-state index contributed by atoms with van der Waals surface area (Å²) in [6, 6.07) is 0.467. The molecule has 0 aliphatic heterocycles. The van der Waals surface area contributed by atoms with E-state index >= 15 is 0 Å². The molecule has 0 radical (unpaired) electrons. The Kier molecular flexibility index (Phi) is 7.18. The molecule has 0 rings (SSSR count). The average molecular weight is 235 g/mol. The van der Waals surface area contributed by atoms with Gasteiger partial charge in [-0.05, 0) is 39.2 Å². The van der Waals surface area contributed by atoms with Crippen LogP contribution in [0.2, 0.25) is 0 Å². The summed E-state index contributed by atoms with van der Waals surface area (Å²) in [4.78, 5) is 0. The molecule has 15 heavy (non-hydrogen) atoms. The van der Waals surface area contributed by atoms with Crippen LogP contribution in [0.1, 0.15) is 40.0 Å². The third kappa shape index (κ3) is 7.79. The van der Waals surface area contributed by atoms with E-state index in [0.717, 1.165) is 19.3 Å². The second kappa shape index (κ2) is 7.23. The van der Waals surface area contributed by atoms with Crippen molar-refractivity contribution in [3.63, 3.8) is 0 Å². The summed E-state index contributed by atoms with van der Waals surface area (Å²) < 4.78 is 22.9. The first kappa shape index (κ1) is 14.9. The van der Waals surface area contributed by atoms with Crippen LogP contribution in [0.3, 0.4) is 0 Å². The molecule has 0 aliphatic carbocycles. The lowest BCUT2D eigenvalue weighted by molar-refractivity contribution is 0.431. The van der Waals surface area contributed by atoms with E-state index in [2.05, 4.69) is 19.2 Å². The summed E-state index contributed by atoms with van der Waals surface area (Å²) in [7, 11) is -0.854. The van der Waals surface area contributed by atoms with Crippen LogP contribution in [-0.2, 0) is 9.84 Å². The van der Waals surface area contributed by atoms with Crippen LogP contribution in [0.25, 0.3) is 0 Å². The van der Waals surface area contributed by atoms with Gasteiger partial charge < -0.3 is 5.32 Å². The average Bonchev–Trinajstić information content (AvgIpc) is 2.15. The molecule has 0 bridgehead atoms. The molecule has 0 saturated heterocycles. The molecule has 92 valence electrons. The van der Waals surface area contributed by atoms with Gasteiger partial charge in [0.1, 0.15) is 9.84 Å². The molecule has 0 saturated carbocycles. The van der Waals surface area contributed by atoms with Crippen LogP contribution in [-0.4, -0.2) is 33.0 Å². The van der Waals surface area contributed by atoms with Crippen molar-refractivity contribution in [3.8, 4) is 0 Å². The molecule has 0 aromatic heterocycles. The van der Waals surface area contributed by atoms with Crippen molar-refractivity contribution in [3.05, 3.63) is 0 Å². The van der Waals surface area contributed by atoms with Crippen molar-refractivity contribution in [2.45, 2.75) is 46.1 Å². The largest absolute Gasteiger partial charge is 0.317 e. The quantitative estimate of drug-likeness (QED) is 0.698. The summed E-state index contributed by atoms with van der Waals surface area (Å²) >= 11 is 0. The minimum Gasteiger partial charge on any atom is -0.317 e. The fraction of sp³-hybridized carbons (Fsp3) is 1.00. The van der Waals surface area contributed by atoms with E-state index in [1.165, 1.54) is 0 Å². The van der Waals surface area contributed by atoms with Gasteiger partial charge in [0.15, 0.2) is 0 Å². The third-order valence-corrected chi connectivity index (χ3v) is 4.57. The smallest absolute Gasteiger partial charge is 0.150 e. The van der Waals surface area contributed by atoms with Crippen LogP contribution in [0, 0.1) is 5.92 Å². The molecule has 0 aliphatic rings. The van der Waals surface area contributed by atoms with Gasteiger partial charge in [-0.15, -0.1) is 0 Å². The molecule has 0 aromatic carbocycles. The SMILES string of the molecule is CCCS(=O)(=O)CCC(C)CC(C)NC. The van der Waals surface area contributed by atoms with E-state index in [-0.39, 0.29) is 0 Å². The van der Waals surface area contributed by atoms with Crippen molar-refractivity contribution in [2.75, 3.05) is 18.6 Å². The highest BCUT2D eigenvalue weighted by molar-refractivity contribution is 7.91. The minimum atomic E-state index is -2.79. The van der Waals surface area contributed by atoms with Gasteiger partial charge in [0.25, 0.3) is 0 Å². The zero-order valence-corrected chi connectivity index (χ0v) is 11.2. The predicted octanol–water partition coefficient (Wildman–Crippen LogP) is 1.84. The molecule has 0 aromatic rings. The van der Waals surface area contributed by atoms with Crippen LogP contribution < -0.4 is 5.32 Å². The van der Waals surface area contributed by atoms with E-state index in [9.17, 15) is 8.42 Å². The molecule has 0 heterocycles. The third-order valence-electron chi connectivity index (χ3n) is 2.69. The maximum Gasteiger partial charge on any atom is 0.150 e. The fourth-order valence-corrected chi connectivity index (χ4v) is 3.22. The molecule has 2 atom stereocenters. The Hall–Kier alpha value is -0.0900. The number of hydrogen-bond acceptors (Lipinski definition) is 3. The molecule has 2 unspecified atom stereocenters. The minimum absolute atomic E-state index is 0.335. The monoisotopic (exact) mass is 235 g/mol. The Balaban J connectivity index is 3.85. The van der Waals surface area contributed by atoms with Crippen LogP contribution in [0.4, 0.5) is 0 Å². The highest BCUT2D eigenvalue weighted by Gasteiger charge is 2.13. The Morgan fingerprint density at radius 2 is 1.80 bits per heavy atom. The summed E-state index contributed by atoms with van der Waals surface area (Å²) in [5.41, 5.74) is 0. The van der Waals surface area contributed by atoms with E-state index in [1.807, 2.05) is 14.0 Å². The zero-order chi connectivity index (χ0) is 11.9. The second-order valence-corrected chi connectivity index (χ2v) is 6.77. The van der Waals surface area contributed by atoms with E-state index in [1.54, 1.807) is 0 Å². The van der Waals surface area contributed by atoms with Crippen LogP contribution in [0.5, 0.6) is 0 Å². The molecule has 1 N–H and O–H groups in total. The van der Waals surface area contributed by atoms with E-state index < -0.39 is 9.84 Å². The summed E-state index contributed by atoms with van der Waals surface area (Å²) in [6.45, 7) is 6.15. The second-order valence-electron chi connectivity index (χ2n) is 4.47. The van der Waals surface area contributed by atoms with Gasteiger partial charge in [-0.2, -0.15) is 0 Å². The first-order chi connectivity index (χ1) is 6.91. The van der Waals surface area contributed by atoms with Crippen LogP contribution >= 0.6 is 0 Å². The maximum atomic E-state index is 11.5. The molecular weight excluding hydrogens is 210 g/mol. The van der Waals surface area contributed by atoms with Gasteiger partial charge in [-0.3, -0.25) is 0 Å². The lowest BCUT2D eigenvalue weighted by atomic mass is 10.0. The van der Waals surface area contributed by atoms with Gasteiger partial charge in [0.05, 0.1) is 5.75 Å². The molecule has 0 spiro atoms. The maximum absolute atomic E-state index is 11.5. The van der Waals surface area contributed by atoms with Crippen molar-refractivity contribution in [2.24, 2.45) is 5.92 Å². The van der Waals surface area contributed by atoms with E-state index in [4.69, 9.17) is 0 Å². The standard InChI is InChI=1S/C11H25NO2S/c1-5-7-15(13,14)8-6-10(2)9-11(3)12-4/h10-12H,5-9H2,1-4H3. The fourth-order valence-electron chi connectivity index (χ4n) is 1.63. The van der Waals surface area contributed by atoms with Crippen molar-refractivity contribution in [1.29, 1.82) is 0 Å². The van der Waals surface area contributed by atoms with E-state index in [0.29, 0.717) is 23.5 Å². The molecular formula is C11H25NO2S. The van der Waals surface area contributed by atoms with Crippen LogP contribution in [0.15, 0.2) is 0 Å². The van der Waals surface area contributed by atoms with Gasteiger partial charge >= 0.3 is 0 Å². The lowest BCUT2D eigenvalue weighted by Gasteiger charge is -2.16. The Morgan fingerprint density at radius 1 is 1.20 bits per heavy atom. The Labute approximate surface area is 94.6 Å². The Morgan fingerprint density at radius 3 is 2.27 bits per heavy atom. The highest BCUT2D eigenvalue weighted by Crippen LogP contribution is 2.12. The van der Waals surface area contributed by atoms with Crippen molar-refractivity contribution >= 4 is 9.84 Å². The summed E-state index contributed by atoms with van der Waals surface area (Å²) in [5.74, 6) is 1.15. The van der Waals surface area contributed by atoms with Gasteiger partial charge in [-0.1, -0.05) is 13.8 Å². The number of sulfone groups is 1. The van der Waals surface area contributed by atoms with Crippen molar-refractivity contribution in [1.82, 2.24) is 5.32 Å². The molecule has 4 heteroatoms. The Bertz CT molecular complexity index is 249. The molecule has 3 nitrogen and oxygen atoms in total. The highest BCUT2D eigenvalue weighted by atomic mass is 32.2. The predicted molar refractivity (Wildman–Crippen MR) is 65.9 cm³/mol. The lowest BCUT2D eigenvalue weighted by Crippen LogP contribution is -2.24. The number of rotatable bonds is 8. The van der Waals surface area contributed by atoms with Crippen molar-refractivity contribution < 1.29 is 8.42 Å². The number of hydrogen-bond donors (Lipinski definition) is 1. The summed E-state index contributed by atoms with van der Waals surface area (Å²) in [6.07, 6.45) is 2.55.